The van der Waals surface area contributed by atoms with Gasteiger partial charge in [-0.3, -0.25) is 14.4 Å². The van der Waals surface area contributed by atoms with Crippen LogP contribution in [-0.4, -0.2) is 38.8 Å². The van der Waals surface area contributed by atoms with Gasteiger partial charge in [-0.2, -0.15) is 5.10 Å². The van der Waals surface area contributed by atoms with Gasteiger partial charge in [-0.1, -0.05) is 6.92 Å². The quantitative estimate of drug-likeness (QED) is 0.866. The van der Waals surface area contributed by atoms with E-state index < -0.39 is 5.97 Å². The number of hydrogen-bond donors (Lipinski definition) is 1. The summed E-state index contributed by atoms with van der Waals surface area (Å²) in [5.74, 6) is -0.149. The molecule has 1 saturated heterocycles. The normalized spacial score (nSPS) is 20.2. The Kier molecular flexibility index (Phi) is 5.17. The van der Waals surface area contributed by atoms with Gasteiger partial charge in [-0.15, -0.1) is 0 Å². The van der Waals surface area contributed by atoms with Crippen molar-refractivity contribution in [3.63, 3.8) is 0 Å². The zero-order valence-corrected chi connectivity index (χ0v) is 12.5. The van der Waals surface area contributed by atoms with E-state index >= 15 is 0 Å². The van der Waals surface area contributed by atoms with Gasteiger partial charge >= 0.3 is 5.97 Å². The van der Waals surface area contributed by atoms with Crippen LogP contribution in [0.1, 0.15) is 43.9 Å². The number of hydrogen-bond acceptors (Lipinski definition) is 3. The van der Waals surface area contributed by atoms with E-state index in [0.29, 0.717) is 12.3 Å². The standard InChI is InChI=1S/C15H25N3O2/c1-3-14-13(10-17(2)16-14)11-18-8-4-5-12(9-18)6-7-15(19)20/h10,12H,3-9,11H2,1-2H3,(H,19,20). The number of aromatic nitrogens is 2. The van der Waals surface area contributed by atoms with E-state index in [2.05, 4.69) is 23.1 Å². The molecular weight excluding hydrogens is 254 g/mol. The SMILES string of the molecule is CCc1nn(C)cc1CN1CCCC(CCC(=O)O)C1. The third-order valence-electron chi connectivity index (χ3n) is 4.09. The van der Waals surface area contributed by atoms with Crippen LogP contribution in [0.3, 0.4) is 0 Å². The lowest BCUT2D eigenvalue weighted by molar-refractivity contribution is -0.137. The van der Waals surface area contributed by atoms with E-state index in [1.165, 1.54) is 17.7 Å². The number of nitrogens with zero attached hydrogens (tertiary/aromatic N) is 3. The fourth-order valence-corrected chi connectivity index (χ4v) is 3.11. The molecule has 5 heteroatoms. The Labute approximate surface area is 120 Å². The topological polar surface area (TPSA) is 58.4 Å². The summed E-state index contributed by atoms with van der Waals surface area (Å²) >= 11 is 0. The van der Waals surface area contributed by atoms with Crippen molar-refractivity contribution in [1.82, 2.24) is 14.7 Å². The fraction of sp³-hybridized carbons (Fsp3) is 0.733. The molecule has 1 aliphatic heterocycles. The molecule has 0 spiro atoms. The zero-order chi connectivity index (χ0) is 14.5. The van der Waals surface area contributed by atoms with Crippen LogP contribution in [0.5, 0.6) is 0 Å². The van der Waals surface area contributed by atoms with Gasteiger partial charge in [0.15, 0.2) is 0 Å². The van der Waals surface area contributed by atoms with Crippen molar-refractivity contribution in [2.24, 2.45) is 13.0 Å². The molecule has 2 heterocycles. The third kappa shape index (κ3) is 4.07. The van der Waals surface area contributed by atoms with Gasteiger partial charge in [-0.25, -0.2) is 0 Å². The van der Waals surface area contributed by atoms with Crippen molar-refractivity contribution in [2.75, 3.05) is 13.1 Å². The molecule has 0 bridgehead atoms. The molecule has 1 N–H and O–H groups in total. The van der Waals surface area contributed by atoms with Gasteiger partial charge in [0.05, 0.1) is 5.69 Å². The van der Waals surface area contributed by atoms with E-state index in [1.54, 1.807) is 0 Å². The smallest absolute Gasteiger partial charge is 0.303 e. The van der Waals surface area contributed by atoms with Crippen LogP contribution in [0.4, 0.5) is 0 Å². The molecular formula is C15H25N3O2. The summed E-state index contributed by atoms with van der Waals surface area (Å²) < 4.78 is 1.89. The number of likely N-dealkylation sites (tertiary alicyclic amines) is 1. The van der Waals surface area contributed by atoms with E-state index in [-0.39, 0.29) is 0 Å². The number of carboxylic acids is 1. The molecule has 20 heavy (non-hydrogen) atoms. The summed E-state index contributed by atoms with van der Waals surface area (Å²) in [7, 11) is 1.97. The average Bonchev–Trinajstić information content (AvgIpc) is 2.77. The van der Waals surface area contributed by atoms with Crippen molar-refractivity contribution >= 4 is 5.97 Å². The van der Waals surface area contributed by atoms with Crippen LogP contribution in [0.25, 0.3) is 0 Å². The minimum Gasteiger partial charge on any atom is -0.481 e. The number of aliphatic carboxylic acids is 1. The van der Waals surface area contributed by atoms with Crippen molar-refractivity contribution in [2.45, 2.75) is 45.6 Å². The molecule has 1 atom stereocenters. The highest BCUT2D eigenvalue weighted by atomic mass is 16.4. The van der Waals surface area contributed by atoms with E-state index in [4.69, 9.17) is 5.11 Å². The van der Waals surface area contributed by atoms with Crippen molar-refractivity contribution in [1.29, 1.82) is 0 Å². The molecule has 0 aliphatic carbocycles. The van der Waals surface area contributed by atoms with Crippen LogP contribution in [0.15, 0.2) is 6.20 Å². The second kappa shape index (κ2) is 6.88. The zero-order valence-electron chi connectivity index (χ0n) is 12.5. The number of rotatable bonds is 6. The maximum Gasteiger partial charge on any atom is 0.303 e. The summed E-state index contributed by atoms with van der Waals surface area (Å²) in [5.41, 5.74) is 2.49. The fourth-order valence-electron chi connectivity index (χ4n) is 3.11. The Morgan fingerprint density at radius 3 is 3.05 bits per heavy atom. The second-order valence-electron chi connectivity index (χ2n) is 5.80. The van der Waals surface area contributed by atoms with Crippen molar-refractivity contribution in [3.05, 3.63) is 17.5 Å². The number of carboxylic acid groups (broad SMARTS) is 1. The molecule has 1 aliphatic rings. The third-order valence-corrected chi connectivity index (χ3v) is 4.09. The first kappa shape index (κ1) is 15.0. The predicted molar refractivity (Wildman–Crippen MR) is 77.5 cm³/mol. The lowest BCUT2D eigenvalue weighted by Gasteiger charge is -2.32. The van der Waals surface area contributed by atoms with Crippen molar-refractivity contribution < 1.29 is 9.90 Å². The summed E-state index contributed by atoms with van der Waals surface area (Å²) in [4.78, 5) is 13.1. The van der Waals surface area contributed by atoms with E-state index in [0.717, 1.165) is 38.9 Å². The summed E-state index contributed by atoms with van der Waals surface area (Å²) in [6.07, 6.45) is 6.51. The van der Waals surface area contributed by atoms with E-state index in [9.17, 15) is 4.79 Å². The van der Waals surface area contributed by atoms with Gasteiger partial charge in [-0.05, 0) is 38.1 Å². The maximum absolute atomic E-state index is 10.7. The van der Waals surface area contributed by atoms with Gasteiger partial charge in [0.1, 0.15) is 0 Å². The maximum atomic E-state index is 10.7. The van der Waals surface area contributed by atoms with Crippen LogP contribution in [0.2, 0.25) is 0 Å². The summed E-state index contributed by atoms with van der Waals surface area (Å²) in [6.45, 7) is 5.21. The Hall–Kier alpha value is -1.36. The Morgan fingerprint density at radius 2 is 2.35 bits per heavy atom. The molecule has 0 radical (unpaired) electrons. The molecule has 1 aromatic heterocycles. The minimum absolute atomic E-state index is 0.297. The molecule has 112 valence electrons. The highest BCUT2D eigenvalue weighted by Crippen LogP contribution is 2.23. The van der Waals surface area contributed by atoms with Crippen LogP contribution < -0.4 is 0 Å². The number of carbonyl (C=O) groups is 1. The lowest BCUT2D eigenvalue weighted by atomic mass is 9.93. The molecule has 1 fully saturated rings. The highest BCUT2D eigenvalue weighted by Gasteiger charge is 2.21. The van der Waals surface area contributed by atoms with Crippen LogP contribution in [-0.2, 0) is 24.8 Å². The molecule has 2 rings (SSSR count). The Morgan fingerprint density at radius 1 is 1.55 bits per heavy atom. The second-order valence-corrected chi connectivity index (χ2v) is 5.80. The van der Waals surface area contributed by atoms with E-state index in [1.807, 2.05) is 11.7 Å². The van der Waals surface area contributed by atoms with Gasteiger partial charge in [0.25, 0.3) is 0 Å². The largest absolute Gasteiger partial charge is 0.481 e. The van der Waals surface area contributed by atoms with Crippen LogP contribution >= 0.6 is 0 Å². The molecule has 1 unspecified atom stereocenters. The molecule has 0 amide bonds. The first-order valence-corrected chi connectivity index (χ1v) is 7.54. The predicted octanol–water partition coefficient (Wildman–Crippen LogP) is 2.06. The first-order chi connectivity index (χ1) is 9.58. The number of piperidine rings is 1. The average molecular weight is 279 g/mol. The monoisotopic (exact) mass is 279 g/mol. The highest BCUT2D eigenvalue weighted by molar-refractivity contribution is 5.66. The summed E-state index contributed by atoms with van der Waals surface area (Å²) in [6, 6.07) is 0. The number of aryl methyl sites for hydroxylation is 2. The Balaban J connectivity index is 1.90. The van der Waals surface area contributed by atoms with Gasteiger partial charge in [0.2, 0.25) is 0 Å². The molecule has 0 aromatic carbocycles. The Bertz CT molecular complexity index is 456. The first-order valence-electron chi connectivity index (χ1n) is 7.54. The molecule has 1 aromatic rings. The van der Waals surface area contributed by atoms with Crippen molar-refractivity contribution in [3.8, 4) is 0 Å². The molecule has 5 nitrogen and oxygen atoms in total. The van der Waals surface area contributed by atoms with Crippen LogP contribution in [0, 0.1) is 5.92 Å². The molecule has 0 saturated carbocycles. The summed E-state index contributed by atoms with van der Waals surface area (Å²) in [5, 5.41) is 13.3. The van der Waals surface area contributed by atoms with Gasteiger partial charge in [0, 0.05) is 38.3 Å². The lowest BCUT2D eigenvalue weighted by Crippen LogP contribution is -2.35. The minimum atomic E-state index is -0.678. The van der Waals surface area contributed by atoms with Gasteiger partial charge < -0.3 is 5.11 Å².